The minimum atomic E-state index is -0.805. The lowest BCUT2D eigenvalue weighted by Gasteiger charge is -2.33. The monoisotopic (exact) mass is 329 g/mol. The molecule has 0 radical (unpaired) electrons. The van der Waals surface area contributed by atoms with Crippen LogP contribution in [-0.2, 0) is 6.54 Å². The van der Waals surface area contributed by atoms with E-state index in [0.717, 1.165) is 32.5 Å². The van der Waals surface area contributed by atoms with Crippen molar-refractivity contribution in [3.63, 3.8) is 0 Å². The van der Waals surface area contributed by atoms with E-state index in [0.29, 0.717) is 18.2 Å². The molecule has 1 fully saturated rings. The highest BCUT2D eigenvalue weighted by molar-refractivity contribution is 5.20. The van der Waals surface area contributed by atoms with Crippen molar-refractivity contribution in [2.24, 2.45) is 0 Å². The lowest BCUT2D eigenvalue weighted by Crippen LogP contribution is -2.43. The molecule has 0 bridgehead atoms. The number of hydrogen-bond acceptors (Lipinski definition) is 4. The van der Waals surface area contributed by atoms with Gasteiger partial charge < -0.3 is 10.4 Å². The zero-order valence-electron chi connectivity index (χ0n) is 13.7. The predicted octanol–water partition coefficient (Wildman–Crippen LogP) is 2.51. The van der Waals surface area contributed by atoms with E-state index in [4.69, 9.17) is 0 Å². The molecular weight excluding hydrogens is 305 g/mol. The van der Waals surface area contributed by atoms with E-state index in [9.17, 15) is 9.50 Å². The normalized spacial score (nSPS) is 17.8. The van der Waals surface area contributed by atoms with Crippen LogP contribution in [-0.4, -0.2) is 40.7 Å². The molecule has 128 valence electrons. The average Bonchev–Trinajstić information content (AvgIpc) is 2.62. The lowest BCUT2D eigenvalue weighted by atomic mass is 10.0. The summed E-state index contributed by atoms with van der Waals surface area (Å²) in [6.45, 7) is 3.38. The van der Waals surface area contributed by atoms with Gasteiger partial charge in [-0.3, -0.25) is 9.88 Å². The van der Waals surface area contributed by atoms with Gasteiger partial charge in [0.2, 0.25) is 0 Å². The number of benzene rings is 1. The second-order valence-electron chi connectivity index (χ2n) is 6.35. The van der Waals surface area contributed by atoms with E-state index in [1.165, 1.54) is 11.6 Å². The smallest absolute Gasteiger partial charge is 0.129 e. The Morgan fingerprint density at radius 2 is 1.88 bits per heavy atom. The second-order valence-corrected chi connectivity index (χ2v) is 6.35. The standard InChI is InChI=1S/C19H24FN3O/c20-18-4-2-1-3-17(18)19(24)13-22-16-7-11-23(12-8-16)14-15-5-9-21-10-6-15/h1-6,9-10,16,19,22,24H,7-8,11-14H2. The summed E-state index contributed by atoms with van der Waals surface area (Å²) in [6, 6.07) is 10.9. The molecular formula is C19H24FN3O. The molecule has 0 saturated carbocycles. The molecule has 1 saturated heterocycles. The fourth-order valence-electron chi connectivity index (χ4n) is 3.18. The van der Waals surface area contributed by atoms with Gasteiger partial charge in [0.25, 0.3) is 0 Å². The molecule has 4 nitrogen and oxygen atoms in total. The topological polar surface area (TPSA) is 48.4 Å². The maximum Gasteiger partial charge on any atom is 0.129 e. The van der Waals surface area contributed by atoms with E-state index in [2.05, 4.69) is 27.3 Å². The zero-order valence-corrected chi connectivity index (χ0v) is 13.7. The Kier molecular flexibility index (Phi) is 5.91. The molecule has 2 aromatic rings. The number of aliphatic hydroxyl groups is 1. The van der Waals surface area contributed by atoms with Gasteiger partial charge in [-0.1, -0.05) is 18.2 Å². The molecule has 1 aromatic heterocycles. The minimum Gasteiger partial charge on any atom is -0.387 e. The highest BCUT2D eigenvalue weighted by Gasteiger charge is 2.20. The number of hydrogen-bond donors (Lipinski definition) is 2. The molecule has 2 N–H and O–H groups in total. The number of piperidine rings is 1. The van der Waals surface area contributed by atoms with Gasteiger partial charge in [0.15, 0.2) is 0 Å². The highest BCUT2D eigenvalue weighted by atomic mass is 19.1. The molecule has 1 atom stereocenters. The second kappa shape index (κ2) is 8.33. The molecule has 0 amide bonds. The minimum absolute atomic E-state index is 0.348. The van der Waals surface area contributed by atoms with E-state index in [1.807, 2.05) is 12.4 Å². The molecule has 1 unspecified atom stereocenters. The third kappa shape index (κ3) is 4.60. The number of likely N-dealkylation sites (tertiary alicyclic amines) is 1. The summed E-state index contributed by atoms with van der Waals surface area (Å²) >= 11 is 0. The SMILES string of the molecule is OC(CNC1CCN(Cc2ccncc2)CC1)c1ccccc1F. The number of aromatic nitrogens is 1. The molecule has 24 heavy (non-hydrogen) atoms. The number of nitrogens with one attached hydrogen (secondary N) is 1. The van der Waals surface area contributed by atoms with Gasteiger partial charge in [-0.2, -0.15) is 0 Å². The van der Waals surface area contributed by atoms with Crippen molar-refractivity contribution in [1.29, 1.82) is 0 Å². The van der Waals surface area contributed by atoms with Crippen LogP contribution in [0.2, 0.25) is 0 Å². The Bertz CT molecular complexity index is 630. The molecule has 0 spiro atoms. The molecule has 5 heteroatoms. The third-order valence-electron chi connectivity index (χ3n) is 4.61. The quantitative estimate of drug-likeness (QED) is 0.855. The van der Waals surface area contributed by atoms with Crippen LogP contribution in [0.1, 0.15) is 30.1 Å². The Labute approximate surface area is 142 Å². The zero-order chi connectivity index (χ0) is 16.8. The molecule has 1 aromatic carbocycles. The summed E-state index contributed by atoms with van der Waals surface area (Å²) in [5.74, 6) is -0.348. The van der Waals surface area contributed by atoms with Crippen molar-refractivity contribution in [3.05, 3.63) is 65.7 Å². The van der Waals surface area contributed by atoms with Crippen molar-refractivity contribution in [2.45, 2.75) is 31.5 Å². The van der Waals surface area contributed by atoms with E-state index >= 15 is 0 Å². The number of nitrogens with zero attached hydrogens (tertiary/aromatic N) is 2. The third-order valence-corrected chi connectivity index (χ3v) is 4.61. The van der Waals surface area contributed by atoms with Crippen molar-refractivity contribution in [3.8, 4) is 0 Å². The van der Waals surface area contributed by atoms with E-state index < -0.39 is 6.10 Å². The predicted molar refractivity (Wildman–Crippen MR) is 91.9 cm³/mol. The van der Waals surface area contributed by atoms with Crippen LogP contribution in [0.3, 0.4) is 0 Å². The summed E-state index contributed by atoms with van der Waals surface area (Å²) in [6.07, 6.45) is 4.92. The van der Waals surface area contributed by atoms with E-state index in [1.54, 1.807) is 18.2 Å². The molecule has 3 rings (SSSR count). The van der Waals surface area contributed by atoms with Gasteiger partial charge >= 0.3 is 0 Å². The van der Waals surface area contributed by atoms with Crippen molar-refractivity contribution in [2.75, 3.05) is 19.6 Å². The van der Waals surface area contributed by atoms with Crippen molar-refractivity contribution >= 4 is 0 Å². The number of halogens is 1. The van der Waals surface area contributed by atoms with Crippen LogP contribution in [0.25, 0.3) is 0 Å². The average molecular weight is 329 g/mol. The molecule has 2 heterocycles. The summed E-state index contributed by atoms with van der Waals surface area (Å²) in [7, 11) is 0. The van der Waals surface area contributed by atoms with Crippen LogP contribution in [0.5, 0.6) is 0 Å². The summed E-state index contributed by atoms with van der Waals surface area (Å²) < 4.78 is 13.7. The Hall–Kier alpha value is -1.82. The van der Waals surface area contributed by atoms with Crippen LogP contribution in [0.4, 0.5) is 4.39 Å². The Balaban J connectivity index is 1.42. The molecule has 0 aliphatic carbocycles. The Morgan fingerprint density at radius 1 is 1.17 bits per heavy atom. The van der Waals surface area contributed by atoms with Crippen molar-refractivity contribution < 1.29 is 9.50 Å². The van der Waals surface area contributed by atoms with Crippen LogP contribution >= 0.6 is 0 Å². The fraction of sp³-hybridized carbons (Fsp3) is 0.421. The first-order valence-corrected chi connectivity index (χ1v) is 8.49. The maximum absolute atomic E-state index is 13.7. The van der Waals surface area contributed by atoms with Crippen LogP contribution < -0.4 is 5.32 Å². The summed E-state index contributed by atoms with van der Waals surface area (Å²) in [5.41, 5.74) is 1.64. The number of rotatable bonds is 6. The highest BCUT2D eigenvalue weighted by Crippen LogP contribution is 2.18. The number of aliphatic hydroxyl groups excluding tert-OH is 1. The van der Waals surface area contributed by atoms with Crippen LogP contribution in [0, 0.1) is 5.82 Å². The largest absolute Gasteiger partial charge is 0.387 e. The van der Waals surface area contributed by atoms with E-state index in [-0.39, 0.29) is 5.82 Å². The first-order chi connectivity index (χ1) is 11.7. The first kappa shape index (κ1) is 17.0. The van der Waals surface area contributed by atoms with Crippen molar-refractivity contribution in [1.82, 2.24) is 15.2 Å². The van der Waals surface area contributed by atoms with Gasteiger partial charge in [-0.15, -0.1) is 0 Å². The molecule has 1 aliphatic heterocycles. The summed E-state index contributed by atoms with van der Waals surface area (Å²) in [4.78, 5) is 6.47. The van der Waals surface area contributed by atoms with Gasteiger partial charge in [0, 0.05) is 37.1 Å². The summed E-state index contributed by atoms with van der Waals surface area (Å²) in [5, 5.41) is 13.5. The maximum atomic E-state index is 13.7. The number of pyridine rings is 1. The van der Waals surface area contributed by atoms with Gasteiger partial charge in [0.1, 0.15) is 5.82 Å². The molecule has 1 aliphatic rings. The lowest BCUT2D eigenvalue weighted by molar-refractivity contribution is 0.146. The first-order valence-electron chi connectivity index (χ1n) is 8.49. The van der Waals surface area contributed by atoms with Gasteiger partial charge in [-0.05, 0) is 49.7 Å². The Morgan fingerprint density at radius 3 is 2.58 bits per heavy atom. The fourth-order valence-corrected chi connectivity index (χ4v) is 3.18. The van der Waals surface area contributed by atoms with Gasteiger partial charge in [0.05, 0.1) is 6.10 Å². The van der Waals surface area contributed by atoms with Gasteiger partial charge in [-0.25, -0.2) is 4.39 Å². The van der Waals surface area contributed by atoms with Crippen LogP contribution in [0.15, 0.2) is 48.8 Å².